The third-order valence-electron chi connectivity index (χ3n) is 4.03. The van der Waals surface area contributed by atoms with E-state index in [9.17, 15) is 4.79 Å². The maximum absolute atomic E-state index is 12.4. The zero-order chi connectivity index (χ0) is 18.1. The van der Waals surface area contributed by atoms with Crippen molar-refractivity contribution in [2.45, 2.75) is 24.3 Å². The van der Waals surface area contributed by atoms with E-state index in [4.69, 9.17) is 0 Å². The third-order valence-corrected chi connectivity index (χ3v) is 5.07. The van der Waals surface area contributed by atoms with Crippen LogP contribution in [0.4, 0.5) is 5.95 Å². The number of para-hydroxylation sites is 1. The molecule has 7 nitrogen and oxygen atoms in total. The Bertz CT molecular complexity index is 1090. The fraction of sp³-hybridized carbons (Fsp3) is 0.167. The highest BCUT2D eigenvalue weighted by Crippen LogP contribution is 2.28. The lowest BCUT2D eigenvalue weighted by Gasteiger charge is -2.11. The molecule has 1 N–H and O–H groups in total. The summed E-state index contributed by atoms with van der Waals surface area (Å²) >= 11 is 1.35. The smallest absolute Gasteiger partial charge is 0.240 e. The van der Waals surface area contributed by atoms with Crippen LogP contribution in [0, 0.1) is 6.92 Å². The molecule has 8 heteroatoms. The lowest BCUT2D eigenvalue weighted by molar-refractivity contribution is -0.115. The summed E-state index contributed by atoms with van der Waals surface area (Å²) in [5.41, 5.74) is 2.93. The number of pyridine rings is 1. The molecule has 0 aliphatic rings. The molecule has 1 unspecified atom stereocenters. The van der Waals surface area contributed by atoms with Gasteiger partial charge in [-0.25, -0.2) is 9.97 Å². The summed E-state index contributed by atoms with van der Waals surface area (Å²) in [6, 6.07) is 11.8. The first-order chi connectivity index (χ1) is 12.6. The molecule has 26 heavy (non-hydrogen) atoms. The maximum Gasteiger partial charge on any atom is 0.240 e. The molecule has 3 heterocycles. The number of fused-ring (bicyclic) bond motifs is 3. The minimum Gasteiger partial charge on any atom is -0.294 e. The summed E-state index contributed by atoms with van der Waals surface area (Å²) in [5.74, 6) is 0.103. The molecule has 130 valence electrons. The van der Waals surface area contributed by atoms with Crippen molar-refractivity contribution >= 4 is 40.2 Å². The number of benzene rings is 1. The quantitative estimate of drug-likeness (QED) is 0.560. The Morgan fingerprint density at radius 3 is 2.73 bits per heavy atom. The summed E-state index contributed by atoms with van der Waals surface area (Å²) in [4.78, 5) is 20.4. The van der Waals surface area contributed by atoms with Gasteiger partial charge in [0.05, 0.1) is 10.8 Å². The molecular weight excluding hydrogens is 348 g/mol. The molecule has 0 bridgehead atoms. The van der Waals surface area contributed by atoms with Gasteiger partial charge in [0.15, 0.2) is 10.8 Å². The number of aryl methyl sites for hydroxylation is 1. The van der Waals surface area contributed by atoms with Crippen molar-refractivity contribution in [3.05, 3.63) is 54.4 Å². The summed E-state index contributed by atoms with van der Waals surface area (Å²) in [6.07, 6.45) is 3.17. The first kappa shape index (κ1) is 16.5. The number of carbonyl (C=O) groups excluding carboxylic acids is 1. The Morgan fingerprint density at radius 2 is 1.92 bits per heavy atom. The first-order valence-corrected chi connectivity index (χ1v) is 8.99. The zero-order valence-corrected chi connectivity index (χ0v) is 15.1. The van der Waals surface area contributed by atoms with Crippen LogP contribution in [0.2, 0.25) is 0 Å². The van der Waals surface area contributed by atoms with Gasteiger partial charge in [0.2, 0.25) is 11.9 Å². The highest BCUT2D eigenvalue weighted by Gasteiger charge is 2.20. The van der Waals surface area contributed by atoms with Gasteiger partial charge in [-0.15, -0.1) is 10.2 Å². The van der Waals surface area contributed by atoms with Crippen molar-refractivity contribution in [1.82, 2.24) is 24.6 Å². The van der Waals surface area contributed by atoms with Gasteiger partial charge in [0.25, 0.3) is 0 Å². The van der Waals surface area contributed by atoms with Crippen LogP contribution in [-0.4, -0.2) is 35.7 Å². The molecule has 0 aliphatic heterocycles. The van der Waals surface area contributed by atoms with Gasteiger partial charge in [-0.3, -0.25) is 14.5 Å². The monoisotopic (exact) mass is 364 g/mol. The van der Waals surface area contributed by atoms with Gasteiger partial charge in [0, 0.05) is 17.8 Å². The number of carbonyl (C=O) groups is 1. The van der Waals surface area contributed by atoms with Crippen LogP contribution in [0.25, 0.3) is 16.6 Å². The van der Waals surface area contributed by atoms with Crippen molar-refractivity contribution in [2.75, 3.05) is 5.32 Å². The zero-order valence-electron chi connectivity index (χ0n) is 14.2. The molecule has 0 radical (unpaired) electrons. The van der Waals surface area contributed by atoms with E-state index in [0.29, 0.717) is 5.16 Å². The van der Waals surface area contributed by atoms with E-state index in [2.05, 4.69) is 38.5 Å². The minimum atomic E-state index is -0.383. The van der Waals surface area contributed by atoms with E-state index in [-0.39, 0.29) is 17.1 Å². The van der Waals surface area contributed by atoms with Crippen LogP contribution < -0.4 is 5.32 Å². The Hall–Kier alpha value is -3.00. The second kappa shape index (κ2) is 6.72. The molecular formula is C18H16N6OS. The number of nitrogens with zero attached hydrogens (tertiary/aromatic N) is 5. The number of anilines is 1. The van der Waals surface area contributed by atoms with Gasteiger partial charge < -0.3 is 0 Å². The molecule has 0 spiro atoms. The van der Waals surface area contributed by atoms with Gasteiger partial charge in [-0.05, 0) is 37.6 Å². The third kappa shape index (κ3) is 2.99. The van der Waals surface area contributed by atoms with Gasteiger partial charge in [-0.1, -0.05) is 30.0 Å². The van der Waals surface area contributed by atoms with Crippen molar-refractivity contribution in [3.63, 3.8) is 0 Å². The topological polar surface area (TPSA) is 85.1 Å². The van der Waals surface area contributed by atoms with E-state index in [1.54, 1.807) is 18.5 Å². The fourth-order valence-corrected chi connectivity index (χ4v) is 3.61. The molecule has 1 atom stereocenters. The van der Waals surface area contributed by atoms with Crippen LogP contribution in [0.3, 0.4) is 0 Å². The highest BCUT2D eigenvalue weighted by atomic mass is 32.2. The molecule has 1 aromatic carbocycles. The summed E-state index contributed by atoms with van der Waals surface area (Å²) in [7, 11) is 0. The maximum atomic E-state index is 12.4. The molecule has 0 aliphatic carbocycles. The summed E-state index contributed by atoms with van der Waals surface area (Å²) < 4.78 is 1.98. The predicted octanol–water partition coefficient (Wildman–Crippen LogP) is 3.10. The number of rotatable bonds is 4. The Kier molecular flexibility index (Phi) is 4.26. The Balaban J connectivity index is 1.65. The second-order valence-corrected chi connectivity index (χ2v) is 7.15. The van der Waals surface area contributed by atoms with Crippen molar-refractivity contribution in [2.24, 2.45) is 0 Å². The van der Waals surface area contributed by atoms with Crippen molar-refractivity contribution in [1.29, 1.82) is 0 Å². The number of hydrogen-bond donors (Lipinski definition) is 1. The van der Waals surface area contributed by atoms with Crippen LogP contribution in [-0.2, 0) is 4.79 Å². The second-order valence-electron chi connectivity index (χ2n) is 5.84. The van der Waals surface area contributed by atoms with Crippen LogP contribution in [0.5, 0.6) is 0 Å². The van der Waals surface area contributed by atoms with Gasteiger partial charge in [0.1, 0.15) is 0 Å². The number of nitrogens with one attached hydrogen (secondary N) is 1. The number of thioether (sulfide) groups is 1. The molecule has 4 aromatic rings. The molecule has 0 fully saturated rings. The van der Waals surface area contributed by atoms with E-state index >= 15 is 0 Å². The predicted molar refractivity (Wildman–Crippen MR) is 101 cm³/mol. The van der Waals surface area contributed by atoms with Crippen molar-refractivity contribution in [3.8, 4) is 0 Å². The van der Waals surface area contributed by atoms with Crippen LogP contribution in [0.1, 0.15) is 12.5 Å². The molecule has 0 saturated heterocycles. The molecule has 1 amide bonds. The van der Waals surface area contributed by atoms with Gasteiger partial charge >= 0.3 is 0 Å². The normalized spacial score (nSPS) is 12.4. The average molecular weight is 364 g/mol. The lowest BCUT2D eigenvalue weighted by atomic mass is 10.1. The van der Waals surface area contributed by atoms with E-state index < -0.39 is 0 Å². The molecule has 4 rings (SSSR count). The van der Waals surface area contributed by atoms with E-state index in [1.807, 2.05) is 35.6 Å². The number of hydrogen-bond acceptors (Lipinski definition) is 6. The van der Waals surface area contributed by atoms with Crippen LogP contribution in [0.15, 0.2) is 53.9 Å². The molecule has 3 aromatic heterocycles. The Labute approximate surface area is 153 Å². The number of aromatic nitrogens is 5. The minimum absolute atomic E-state index is 0.186. The first-order valence-electron chi connectivity index (χ1n) is 8.11. The van der Waals surface area contributed by atoms with Gasteiger partial charge in [-0.2, -0.15) is 0 Å². The highest BCUT2D eigenvalue weighted by molar-refractivity contribution is 8.00. The van der Waals surface area contributed by atoms with E-state index in [1.165, 1.54) is 11.8 Å². The summed E-state index contributed by atoms with van der Waals surface area (Å²) in [6.45, 7) is 3.88. The van der Waals surface area contributed by atoms with Crippen molar-refractivity contribution < 1.29 is 4.79 Å². The largest absolute Gasteiger partial charge is 0.294 e. The Morgan fingerprint density at radius 1 is 1.15 bits per heavy atom. The fourth-order valence-electron chi connectivity index (χ4n) is 2.74. The lowest BCUT2D eigenvalue weighted by Crippen LogP contribution is -2.23. The standard InChI is InChI=1S/C18H16N6OS/c1-11-10-15-22-23-18(24(15)14-7-4-3-6-13(11)14)26-12(2)16(25)21-17-19-8-5-9-20-17/h3-10,12H,1-2H3,(H,19,20,21,25). The summed E-state index contributed by atoms with van der Waals surface area (Å²) in [5, 5.41) is 12.7. The van der Waals surface area contributed by atoms with E-state index in [0.717, 1.165) is 22.1 Å². The SMILES string of the molecule is Cc1cc2nnc(SC(C)C(=O)Nc3ncccn3)n2c2ccccc12. The van der Waals surface area contributed by atoms with Crippen LogP contribution >= 0.6 is 11.8 Å². The number of amides is 1. The average Bonchev–Trinajstić information content (AvgIpc) is 3.05. The molecule has 0 saturated carbocycles.